The Bertz CT molecular complexity index is 668. The first kappa shape index (κ1) is 22.2. The van der Waals surface area contributed by atoms with E-state index in [1.807, 2.05) is 0 Å². The molecular weight excluding hydrogens is 356 g/mol. The van der Waals surface area contributed by atoms with Gasteiger partial charge in [0.15, 0.2) is 5.75 Å². The smallest absolute Gasteiger partial charge is 0.412 e. The van der Waals surface area contributed by atoms with Gasteiger partial charge in [0, 0.05) is 12.5 Å². The zero-order chi connectivity index (χ0) is 20.4. The number of anilines is 1. The molecule has 0 unspecified atom stereocenters. The van der Waals surface area contributed by atoms with Gasteiger partial charge in [-0.05, 0) is 52.7 Å². The number of unbranched alkanes of at least 4 members (excludes halogenated alkanes) is 1. The Kier molecular flexibility index (Phi) is 8.50. The van der Waals surface area contributed by atoms with E-state index in [2.05, 4.69) is 5.32 Å². The van der Waals surface area contributed by atoms with Gasteiger partial charge in [0.2, 0.25) is 0 Å². The van der Waals surface area contributed by atoms with Crippen molar-refractivity contribution >= 4 is 23.4 Å². The average molecular weight is 382 g/mol. The van der Waals surface area contributed by atoms with Gasteiger partial charge >= 0.3 is 17.7 Å². The lowest BCUT2D eigenvalue weighted by molar-refractivity contribution is -0.385. The van der Waals surface area contributed by atoms with E-state index in [9.17, 15) is 19.7 Å². The molecular formula is C18H26N2O7. The highest BCUT2D eigenvalue weighted by atomic mass is 16.6. The molecule has 1 rings (SSSR count). The number of nitrogens with zero attached hydrogens (tertiary/aromatic N) is 1. The van der Waals surface area contributed by atoms with Crippen LogP contribution in [-0.4, -0.2) is 35.8 Å². The van der Waals surface area contributed by atoms with Crippen molar-refractivity contribution in [3.63, 3.8) is 0 Å². The third kappa shape index (κ3) is 8.89. The first-order valence-corrected chi connectivity index (χ1v) is 8.69. The largest absolute Gasteiger partial charge is 0.487 e. The number of rotatable bonds is 9. The molecule has 1 N–H and O–H groups in total. The second-order valence-electron chi connectivity index (χ2n) is 6.68. The van der Waals surface area contributed by atoms with Crippen molar-refractivity contribution in [2.75, 3.05) is 18.5 Å². The van der Waals surface area contributed by atoms with E-state index < -0.39 is 16.6 Å². The second kappa shape index (κ2) is 10.3. The van der Waals surface area contributed by atoms with Crippen molar-refractivity contribution < 1.29 is 28.7 Å². The minimum Gasteiger partial charge on any atom is -0.487 e. The average Bonchev–Trinajstić information content (AvgIpc) is 2.53. The van der Waals surface area contributed by atoms with Crippen molar-refractivity contribution in [1.29, 1.82) is 0 Å². The van der Waals surface area contributed by atoms with Gasteiger partial charge in [-0.3, -0.25) is 20.2 Å². The topological polar surface area (TPSA) is 117 Å². The maximum atomic E-state index is 11.8. The van der Waals surface area contributed by atoms with Crippen LogP contribution in [0.3, 0.4) is 0 Å². The van der Waals surface area contributed by atoms with Crippen LogP contribution >= 0.6 is 0 Å². The van der Waals surface area contributed by atoms with Crippen LogP contribution < -0.4 is 10.1 Å². The number of amides is 1. The van der Waals surface area contributed by atoms with Crippen LogP contribution in [0.2, 0.25) is 0 Å². The Morgan fingerprint density at radius 2 is 1.93 bits per heavy atom. The molecule has 0 fully saturated rings. The predicted octanol–water partition coefficient (Wildman–Crippen LogP) is 4.05. The molecule has 1 aromatic carbocycles. The molecule has 9 heteroatoms. The van der Waals surface area contributed by atoms with Gasteiger partial charge in [-0.1, -0.05) is 0 Å². The van der Waals surface area contributed by atoms with Crippen LogP contribution in [0.1, 0.15) is 47.0 Å². The molecule has 0 aliphatic carbocycles. The number of hydrogen-bond donors (Lipinski definition) is 1. The number of hydrogen-bond acceptors (Lipinski definition) is 7. The monoisotopic (exact) mass is 382 g/mol. The quantitative estimate of drug-likeness (QED) is 0.296. The molecule has 1 aromatic rings. The Morgan fingerprint density at radius 1 is 1.22 bits per heavy atom. The summed E-state index contributed by atoms with van der Waals surface area (Å²) in [5.41, 5.74) is -0.720. The van der Waals surface area contributed by atoms with Crippen molar-refractivity contribution in [1.82, 2.24) is 0 Å². The fourth-order valence-electron chi connectivity index (χ4n) is 2.07. The lowest BCUT2D eigenvalue weighted by Crippen LogP contribution is -2.27. The lowest BCUT2D eigenvalue weighted by atomic mass is 10.2. The molecule has 0 heterocycles. The minimum atomic E-state index is -0.704. The molecule has 0 saturated carbocycles. The van der Waals surface area contributed by atoms with Gasteiger partial charge in [-0.2, -0.15) is 0 Å². The summed E-state index contributed by atoms with van der Waals surface area (Å²) in [5, 5.41) is 13.7. The second-order valence-corrected chi connectivity index (χ2v) is 6.68. The van der Waals surface area contributed by atoms with Crippen molar-refractivity contribution in [2.24, 2.45) is 0 Å². The summed E-state index contributed by atoms with van der Waals surface area (Å²) < 4.78 is 15.4. The van der Waals surface area contributed by atoms with Gasteiger partial charge in [0.25, 0.3) is 0 Å². The normalized spacial score (nSPS) is 10.8. The minimum absolute atomic E-state index is 0.0888. The molecule has 0 atom stereocenters. The molecule has 0 saturated heterocycles. The molecule has 0 aliphatic heterocycles. The van der Waals surface area contributed by atoms with Crippen LogP contribution in [0.15, 0.2) is 18.2 Å². The number of nitro groups is 1. The molecule has 0 spiro atoms. The van der Waals surface area contributed by atoms with E-state index in [-0.39, 0.29) is 36.1 Å². The summed E-state index contributed by atoms with van der Waals surface area (Å²) in [6, 6.07) is 4.11. The van der Waals surface area contributed by atoms with E-state index in [4.69, 9.17) is 14.2 Å². The Balaban J connectivity index is 2.62. The SMILES string of the molecule is CCOC(=O)CCCCOc1ccc(NC(=O)OC(C)(C)C)cc1[N+](=O)[O-]. The first-order valence-electron chi connectivity index (χ1n) is 8.69. The van der Waals surface area contributed by atoms with Gasteiger partial charge in [0.1, 0.15) is 5.60 Å². The third-order valence-electron chi connectivity index (χ3n) is 3.14. The third-order valence-corrected chi connectivity index (χ3v) is 3.14. The summed E-state index contributed by atoms with van der Waals surface area (Å²) in [4.78, 5) is 33.7. The van der Waals surface area contributed by atoms with E-state index in [0.717, 1.165) is 0 Å². The van der Waals surface area contributed by atoms with Gasteiger partial charge in [-0.15, -0.1) is 0 Å². The lowest BCUT2D eigenvalue weighted by Gasteiger charge is -2.19. The van der Waals surface area contributed by atoms with Crippen molar-refractivity contribution in [2.45, 2.75) is 52.6 Å². The number of carbonyl (C=O) groups is 2. The van der Waals surface area contributed by atoms with Crippen LogP contribution in [0.4, 0.5) is 16.2 Å². The summed E-state index contributed by atoms with van der Waals surface area (Å²) in [7, 11) is 0. The van der Waals surface area contributed by atoms with Gasteiger partial charge in [-0.25, -0.2) is 4.79 Å². The summed E-state index contributed by atoms with van der Waals surface area (Å²) in [5.74, 6) is -0.188. The van der Waals surface area contributed by atoms with Crippen molar-refractivity contribution in [3.05, 3.63) is 28.3 Å². The number of esters is 1. The zero-order valence-corrected chi connectivity index (χ0v) is 16.1. The molecule has 1 amide bonds. The fourth-order valence-corrected chi connectivity index (χ4v) is 2.07. The van der Waals surface area contributed by atoms with Gasteiger partial charge in [0.05, 0.1) is 23.8 Å². The van der Waals surface area contributed by atoms with Crippen molar-refractivity contribution in [3.8, 4) is 5.75 Å². The summed E-state index contributed by atoms with van der Waals surface area (Å²) in [6.45, 7) is 7.45. The molecule has 150 valence electrons. The first-order chi connectivity index (χ1) is 12.6. The number of nitrogens with one attached hydrogen (secondary N) is 1. The molecule has 27 heavy (non-hydrogen) atoms. The molecule has 9 nitrogen and oxygen atoms in total. The summed E-state index contributed by atoms with van der Waals surface area (Å²) in [6.07, 6.45) is 0.682. The highest BCUT2D eigenvalue weighted by molar-refractivity contribution is 5.85. The van der Waals surface area contributed by atoms with E-state index in [1.54, 1.807) is 27.7 Å². The van der Waals surface area contributed by atoms with Crippen LogP contribution in [0, 0.1) is 10.1 Å². The fraction of sp³-hybridized carbons (Fsp3) is 0.556. The van der Waals surface area contributed by atoms with Crippen LogP contribution in [-0.2, 0) is 14.3 Å². The Morgan fingerprint density at radius 3 is 2.52 bits per heavy atom. The summed E-state index contributed by atoms with van der Waals surface area (Å²) >= 11 is 0. The molecule has 0 radical (unpaired) electrons. The zero-order valence-electron chi connectivity index (χ0n) is 16.1. The maximum absolute atomic E-state index is 11.8. The number of ether oxygens (including phenoxy) is 3. The molecule has 0 aromatic heterocycles. The highest BCUT2D eigenvalue weighted by Crippen LogP contribution is 2.30. The number of benzene rings is 1. The highest BCUT2D eigenvalue weighted by Gasteiger charge is 2.20. The van der Waals surface area contributed by atoms with E-state index in [0.29, 0.717) is 19.4 Å². The van der Waals surface area contributed by atoms with E-state index >= 15 is 0 Å². The predicted molar refractivity (Wildman–Crippen MR) is 98.9 cm³/mol. The van der Waals surface area contributed by atoms with E-state index in [1.165, 1.54) is 18.2 Å². The van der Waals surface area contributed by atoms with Gasteiger partial charge < -0.3 is 14.2 Å². The Labute approximate surface area is 158 Å². The Hall–Kier alpha value is -2.84. The number of carbonyl (C=O) groups excluding carboxylic acids is 2. The standard InChI is InChI=1S/C18H26N2O7/c1-5-25-16(21)8-6-7-11-26-15-10-9-13(12-14(15)20(23)24)19-17(22)27-18(2,3)4/h9-10,12H,5-8,11H2,1-4H3,(H,19,22). The molecule has 0 bridgehead atoms. The van der Waals surface area contributed by atoms with Crippen LogP contribution in [0.5, 0.6) is 5.75 Å². The van der Waals surface area contributed by atoms with Crippen LogP contribution in [0.25, 0.3) is 0 Å². The molecule has 0 aliphatic rings. The number of nitro benzene ring substituents is 1. The maximum Gasteiger partial charge on any atom is 0.412 e.